The van der Waals surface area contributed by atoms with Crippen molar-refractivity contribution in [3.8, 4) is 17.1 Å². The molecule has 2 aromatic heterocycles. The summed E-state index contributed by atoms with van der Waals surface area (Å²) in [4.78, 5) is 11.2. The van der Waals surface area contributed by atoms with Gasteiger partial charge in [0.1, 0.15) is 5.75 Å². The highest BCUT2D eigenvalue weighted by Gasteiger charge is 2.16. The molecular weight excluding hydrogens is 258 g/mol. The number of hydrogen-bond acceptors (Lipinski definition) is 6. The van der Waals surface area contributed by atoms with Crippen molar-refractivity contribution in [3.63, 3.8) is 0 Å². The molecule has 3 aromatic rings. The number of nitrogens with two attached hydrogens (primary N) is 1. The molecule has 0 fully saturated rings. The van der Waals surface area contributed by atoms with E-state index in [1.54, 1.807) is 36.8 Å². The summed E-state index contributed by atoms with van der Waals surface area (Å²) in [6.07, 6.45) is 3.84. The van der Waals surface area contributed by atoms with E-state index in [4.69, 9.17) is 10.3 Å². The van der Waals surface area contributed by atoms with E-state index in [0.29, 0.717) is 18.1 Å². The van der Waals surface area contributed by atoms with Crippen molar-refractivity contribution in [2.24, 2.45) is 5.73 Å². The molecule has 0 aliphatic heterocycles. The van der Waals surface area contributed by atoms with Gasteiger partial charge in [0.05, 0.1) is 12.4 Å². The maximum atomic E-state index is 9.25. The fourth-order valence-corrected chi connectivity index (χ4v) is 1.83. The minimum atomic E-state index is -0.395. The fraction of sp³-hybridized carbons (Fsp3) is 0.154. The number of aromatic amines is 1. The number of nitrogens with zero attached hydrogens (tertiary/aromatic N) is 3. The molecule has 102 valence electrons. The molecular formula is C13H13N5O2. The van der Waals surface area contributed by atoms with E-state index >= 15 is 0 Å². The molecule has 0 radical (unpaired) electrons. The second kappa shape index (κ2) is 5.14. The van der Waals surface area contributed by atoms with Gasteiger partial charge in [0, 0.05) is 23.9 Å². The van der Waals surface area contributed by atoms with Gasteiger partial charge in [-0.3, -0.25) is 0 Å². The Morgan fingerprint density at radius 1 is 1.30 bits per heavy atom. The van der Waals surface area contributed by atoms with Crippen LogP contribution in [0.3, 0.4) is 0 Å². The molecule has 3 rings (SSSR count). The quantitative estimate of drug-likeness (QED) is 0.661. The summed E-state index contributed by atoms with van der Waals surface area (Å²) in [5, 5.41) is 13.1. The van der Waals surface area contributed by atoms with Crippen molar-refractivity contribution in [2.45, 2.75) is 12.5 Å². The smallest absolute Gasteiger partial charge is 0.244 e. The van der Waals surface area contributed by atoms with Gasteiger partial charge in [-0.1, -0.05) is 5.16 Å². The number of phenols is 1. The van der Waals surface area contributed by atoms with E-state index < -0.39 is 6.04 Å². The van der Waals surface area contributed by atoms with Gasteiger partial charge in [-0.05, 0) is 24.3 Å². The molecule has 0 saturated heterocycles. The zero-order valence-corrected chi connectivity index (χ0v) is 10.5. The Labute approximate surface area is 114 Å². The maximum Gasteiger partial charge on any atom is 0.244 e. The summed E-state index contributed by atoms with van der Waals surface area (Å²) in [5.74, 6) is 0.996. The predicted molar refractivity (Wildman–Crippen MR) is 70.6 cm³/mol. The molecule has 0 unspecified atom stereocenters. The summed E-state index contributed by atoms with van der Waals surface area (Å²) in [5.41, 5.74) is 7.68. The zero-order chi connectivity index (χ0) is 13.9. The molecule has 7 nitrogen and oxygen atoms in total. The van der Waals surface area contributed by atoms with Gasteiger partial charge in [0.2, 0.25) is 11.7 Å². The first-order chi connectivity index (χ1) is 9.72. The van der Waals surface area contributed by atoms with Crippen molar-refractivity contribution >= 4 is 0 Å². The van der Waals surface area contributed by atoms with Crippen LogP contribution in [0.15, 0.2) is 41.3 Å². The third kappa shape index (κ3) is 2.52. The van der Waals surface area contributed by atoms with Crippen molar-refractivity contribution in [1.82, 2.24) is 20.1 Å². The number of rotatable bonds is 4. The SMILES string of the molecule is N[C@H](Cc1cnc[nH]1)c1nc(-c2ccc(O)cc2)no1. The molecule has 2 heterocycles. The zero-order valence-electron chi connectivity index (χ0n) is 10.5. The highest BCUT2D eigenvalue weighted by molar-refractivity contribution is 5.55. The standard InChI is InChI=1S/C13H13N5O2/c14-11(5-9-6-15-7-16-9)13-17-12(18-20-13)8-1-3-10(19)4-2-8/h1-4,6-7,11,19H,5,14H2,(H,15,16)/t11-/m1/s1. The lowest BCUT2D eigenvalue weighted by Crippen LogP contribution is -2.13. The topological polar surface area (TPSA) is 114 Å². The van der Waals surface area contributed by atoms with Crippen LogP contribution in [0.1, 0.15) is 17.6 Å². The highest BCUT2D eigenvalue weighted by Crippen LogP contribution is 2.21. The van der Waals surface area contributed by atoms with Gasteiger partial charge in [-0.25, -0.2) is 4.98 Å². The van der Waals surface area contributed by atoms with Gasteiger partial charge in [0.25, 0.3) is 0 Å². The minimum Gasteiger partial charge on any atom is -0.508 e. The van der Waals surface area contributed by atoms with Gasteiger partial charge in [0.15, 0.2) is 0 Å². The first-order valence-electron chi connectivity index (χ1n) is 6.08. The number of imidazole rings is 1. The number of phenolic OH excluding ortho intramolecular Hbond substituents is 1. The summed E-state index contributed by atoms with van der Waals surface area (Å²) in [7, 11) is 0. The summed E-state index contributed by atoms with van der Waals surface area (Å²) in [6.45, 7) is 0. The Bertz CT molecular complexity index is 675. The molecule has 0 saturated carbocycles. The number of aromatic nitrogens is 4. The van der Waals surface area contributed by atoms with Crippen molar-refractivity contribution in [2.75, 3.05) is 0 Å². The molecule has 0 aliphatic carbocycles. The lowest BCUT2D eigenvalue weighted by Gasteiger charge is -2.03. The Morgan fingerprint density at radius 3 is 2.80 bits per heavy atom. The van der Waals surface area contributed by atoms with Crippen LogP contribution in [0.2, 0.25) is 0 Å². The number of benzene rings is 1. The number of aromatic hydroxyl groups is 1. The van der Waals surface area contributed by atoms with Crippen LogP contribution in [-0.2, 0) is 6.42 Å². The van der Waals surface area contributed by atoms with Crippen molar-refractivity contribution in [3.05, 3.63) is 48.4 Å². The first kappa shape index (κ1) is 12.4. The largest absolute Gasteiger partial charge is 0.508 e. The molecule has 1 aromatic carbocycles. The Hall–Kier alpha value is -2.67. The van der Waals surface area contributed by atoms with E-state index in [1.807, 2.05) is 0 Å². The molecule has 4 N–H and O–H groups in total. The molecule has 0 spiro atoms. The monoisotopic (exact) mass is 271 g/mol. The van der Waals surface area contributed by atoms with E-state index in [9.17, 15) is 5.11 Å². The maximum absolute atomic E-state index is 9.25. The third-order valence-electron chi connectivity index (χ3n) is 2.88. The molecule has 0 amide bonds. The Balaban J connectivity index is 1.77. The average molecular weight is 271 g/mol. The van der Waals surface area contributed by atoms with Crippen LogP contribution in [-0.4, -0.2) is 25.2 Å². The molecule has 0 aliphatic rings. The fourth-order valence-electron chi connectivity index (χ4n) is 1.83. The summed E-state index contributed by atoms with van der Waals surface area (Å²) >= 11 is 0. The van der Waals surface area contributed by atoms with Gasteiger partial charge < -0.3 is 20.3 Å². The van der Waals surface area contributed by atoms with Gasteiger partial charge >= 0.3 is 0 Å². The number of hydrogen-bond donors (Lipinski definition) is 3. The van der Waals surface area contributed by atoms with Crippen LogP contribution in [0.4, 0.5) is 0 Å². The van der Waals surface area contributed by atoms with E-state index in [1.165, 1.54) is 0 Å². The van der Waals surface area contributed by atoms with Crippen LogP contribution in [0.5, 0.6) is 5.75 Å². The molecule has 1 atom stereocenters. The second-order valence-corrected chi connectivity index (χ2v) is 4.39. The lowest BCUT2D eigenvalue weighted by atomic mass is 10.2. The highest BCUT2D eigenvalue weighted by atomic mass is 16.5. The van der Waals surface area contributed by atoms with Crippen LogP contribution in [0.25, 0.3) is 11.4 Å². The van der Waals surface area contributed by atoms with Gasteiger partial charge in [-0.2, -0.15) is 4.98 Å². The lowest BCUT2D eigenvalue weighted by molar-refractivity contribution is 0.354. The van der Waals surface area contributed by atoms with Crippen LogP contribution in [0, 0.1) is 0 Å². The summed E-state index contributed by atoms with van der Waals surface area (Å²) < 4.78 is 5.18. The van der Waals surface area contributed by atoms with E-state index in [0.717, 1.165) is 11.3 Å². The van der Waals surface area contributed by atoms with E-state index in [-0.39, 0.29) is 5.75 Å². The predicted octanol–water partition coefficient (Wildman–Crippen LogP) is 1.41. The molecule has 7 heteroatoms. The van der Waals surface area contributed by atoms with Crippen LogP contribution < -0.4 is 5.73 Å². The summed E-state index contributed by atoms with van der Waals surface area (Å²) in [6, 6.07) is 6.16. The molecule has 0 bridgehead atoms. The van der Waals surface area contributed by atoms with E-state index in [2.05, 4.69) is 20.1 Å². The third-order valence-corrected chi connectivity index (χ3v) is 2.88. The Kier molecular flexibility index (Phi) is 3.18. The molecule has 20 heavy (non-hydrogen) atoms. The van der Waals surface area contributed by atoms with Crippen LogP contribution >= 0.6 is 0 Å². The van der Waals surface area contributed by atoms with Crippen molar-refractivity contribution in [1.29, 1.82) is 0 Å². The van der Waals surface area contributed by atoms with Crippen molar-refractivity contribution < 1.29 is 9.63 Å². The Morgan fingerprint density at radius 2 is 2.10 bits per heavy atom. The second-order valence-electron chi connectivity index (χ2n) is 4.39. The average Bonchev–Trinajstić information content (AvgIpc) is 3.10. The normalized spacial score (nSPS) is 12.4. The number of H-pyrrole nitrogens is 1. The van der Waals surface area contributed by atoms with Gasteiger partial charge in [-0.15, -0.1) is 0 Å². The number of nitrogens with one attached hydrogen (secondary N) is 1. The minimum absolute atomic E-state index is 0.188. The first-order valence-corrected chi connectivity index (χ1v) is 6.08.